The molecule has 0 saturated carbocycles. The minimum Gasteiger partial charge on any atom is -0.323 e. The predicted octanol–water partition coefficient (Wildman–Crippen LogP) is 2.57. The van der Waals surface area contributed by atoms with Gasteiger partial charge in [0.2, 0.25) is 5.02 Å². The Morgan fingerprint density at radius 2 is 1.61 bits per heavy atom. The monoisotopic (exact) mass is 383 g/mol. The standard InChI is InChI=1S/C13H23NO6P2S/c1-2-13(21(15,16)17,22(18,19)20)14-10-6-7-11-23-12-8-4-3-5-9-12/h3-5,8-9,14H,2,6-7,10-11H2,1H3,(H2,15,16,17)(H2,18,19,20). The van der Waals surface area contributed by atoms with Crippen molar-refractivity contribution in [1.82, 2.24) is 5.32 Å². The molecule has 0 unspecified atom stereocenters. The summed E-state index contributed by atoms with van der Waals surface area (Å²) in [6.45, 7) is 1.47. The van der Waals surface area contributed by atoms with Gasteiger partial charge < -0.3 is 19.6 Å². The van der Waals surface area contributed by atoms with Crippen LogP contribution in [-0.4, -0.2) is 36.9 Å². The van der Waals surface area contributed by atoms with E-state index in [0.717, 1.165) is 17.1 Å². The van der Waals surface area contributed by atoms with E-state index in [2.05, 4.69) is 5.32 Å². The molecular formula is C13H23NO6P2S. The second-order valence-electron chi connectivity index (χ2n) is 5.05. The molecule has 0 amide bonds. The zero-order valence-electron chi connectivity index (χ0n) is 12.8. The quantitative estimate of drug-likeness (QED) is 0.237. The summed E-state index contributed by atoms with van der Waals surface area (Å²) in [5, 5.41) is -0.0675. The third kappa shape index (κ3) is 5.69. The van der Waals surface area contributed by atoms with Crippen molar-refractivity contribution in [3.05, 3.63) is 30.3 Å². The van der Waals surface area contributed by atoms with Crippen molar-refractivity contribution >= 4 is 27.0 Å². The molecule has 0 aliphatic rings. The highest BCUT2D eigenvalue weighted by molar-refractivity contribution is 7.99. The molecule has 1 aromatic carbocycles. The number of benzene rings is 1. The smallest absolute Gasteiger partial charge is 0.323 e. The van der Waals surface area contributed by atoms with E-state index in [4.69, 9.17) is 0 Å². The van der Waals surface area contributed by atoms with Gasteiger partial charge in [0.25, 0.3) is 0 Å². The molecule has 7 nitrogen and oxygen atoms in total. The first kappa shape index (κ1) is 20.9. The molecule has 0 aliphatic carbocycles. The summed E-state index contributed by atoms with van der Waals surface area (Å²) in [5.41, 5.74) is 0. The summed E-state index contributed by atoms with van der Waals surface area (Å²) in [6, 6.07) is 9.81. The first-order valence-electron chi connectivity index (χ1n) is 7.18. The summed E-state index contributed by atoms with van der Waals surface area (Å²) in [5.74, 6) is 0.816. The van der Waals surface area contributed by atoms with Crippen LogP contribution in [-0.2, 0) is 9.13 Å². The van der Waals surface area contributed by atoms with E-state index in [1.807, 2.05) is 30.3 Å². The van der Waals surface area contributed by atoms with Crippen molar-refractivity contribution in [2.45, 2.75) is 36.1 Å². The van der Waals surface area contributed by atoms with Gasteiger partial charge >= 0.3 is 15.2 Å². The normalized spacial score (nSPS) is 13.3. The Hall–Kier alpha value is -0.170. The molecule has 0 aromatic heterocycles. The van der Waals surface area contributed by atoms with Gasteiger partial charge in [0, 0.05) is 4.90 Å². The van der Waals surface area contributed by atoms with E-state index in [1.54, 1.807) is 11.8 Å². The molecular weight excluding hydrogens is 360 g/mol. The van der Waals surface area contributed by atoms with Crippen molar-refractivity contribution in [2.75, 3.05) is 12.3 Å². The van der Waals surface area contributed by atoms with Crippen LogP contribution in [0.3, 0.4) is 0 Å². The Balaban J connectivity index is 2.48. The van der Waals surface area contributed by atoms with Gasteiger partial charge in [-0.05, 0) is 43.7 Å². The zero-order chi connectivity index (χ0) is 17.6. The number of unbranched alkanes of at least 4 members (excludes halogenated alkanes) is 1. The van der Waals surface area contributed by atoms with E-state index < -0.39 is 20.2 Å². The Labute approximate surface area is 140 Å². The minimum absolute atomic E-state index is 0.124. The third-order valence-electron chi connectivity index (χ3n) is 3.45. The van der Waals surface area contributed by atoms with Crippen LogP contribution in [0, 0.1) is 0 Å². The fourth-order valence-corrected chi connectivity index (χ4v) is 5.89. The Kier molecular flexibility index (Phi) is 7.98. The topological polar surface area (TPSA) is 127 Å². The van der Waals surface area contributed by atoms with Crippen molar-refractivity contribution in [1.29, 1.82) is 0 Å². The number of rotatable bonds is 10. The lowest BCUT2D eigenvalue weighted by molar-refractivity contribution is 0.283. The van der Waals surface area contributed by atoms with Crippen molar-refractivity contribution in [2.24, 2.45) is 0 Å². The van der Waals surface area contributed by atoms with Gasteiger partial charge in [-0.25, -0.2) is 0 Å². The fourth-order valence-electron chi connectivity index (χ4n) is 2.13. The van der Waals surface area contributed by atoms with Gasteiger partial charge in [-0.3, -0.25) is 14.4 Å². The fraction of sp³-hybridized carbons (Fsp3) is 0.538. The molecule has 0 aliphatic heterocycles. The number of nitrogens with one attached hydrogen (secondary N) is 1. The lowest BCUT2D eigenvalue weighted by atomic mass is 10.3. The van der Waals surface area contributed by atoms with Crippen LogP contribution in [0.1, 0.15) is 26.2 Å². The average molecular weight is 383 g/mol. The summed E-state index contributed by atoms with van der Waals surface area (Å²) in [4.78, 5) is 38.6. The maximum absolute atomic E-state index is 11.6. The van der Waals surface area contributed by atoms with Gasteiger partial charge in [-0.2, -0.15) is 0 Å². The molecule has 23 heavy (non-hydrogen) atoms. The van der Waals surface area contributed by atoms with E-state index in [-0.39, 0.29) is 13.0 Å². The highest BCUT2D eigenvalue weighted by Gasteiger charge is 2.58. The molecule has 0 heterocycles. The summed E-state index contributed by atoms with van der Waals surface area (Å²) in [7, 11) is -10.0. The number of thioether (sulfide) groups is 1. The zero-order valence-corrected chi connectivity index (χ0v) is 15.4. The highest BCUT2D eigenvalue weighted by atomic mass is 32.2. The van der Waals surface area contributed by atoms with Crippen molar-refractivity contribution in [3.63, 3.8) is 0 Å². The second-order valence-corrected chi connectivity index (χ2v) is 10.3. The van der Waals surface area contributed by atoms with Gasteiger partial charge in [0.1, 0.15) is 0 Å². The molecule has 0 atom stereocenters. The van der Waals surface area contributed by atoms with E-state index in [1.165, 1.54) is 6.92 Å². The van der Waals surface area contributed by atoms with Crippen LogP contribution >= 0.6 is 27.0 Å². The van der Waals surface area contributed by atoms with Crippen LogP contribution in [0.2, 0.25) is 0 Å². The summed E-state index contributed by atoms with van der Waals surface area (Å²) in [6.07, 6.45) is 0.955. The van der Waals surface area contributed by atoms with Crippen LogP contribution < -0.4 is 5.32 Å². The molecule has 0 fully saturated rings. The SMILES string of the molecule is CCC(NCCCCSc1ccccc1)(P(=O)(O)O)P(=O)(O)O. The average Bonchev–Trinajstić information content (AvgIpc) is 2.45. The molecule has 10 heteroatoms. The lowest BCUT2D eigenvalue weighted by Crippen LogP contribution is -2.44. The van der Waals surface area contributed by atoms with Gasteiger partial charge in [-0.1, -0.05) is 25.1 Å². The molecule has 0 spiro atoms. The van der Waals surface area contributed by atoms with E-state index >= 15 is 0 Å². The second kappa shape index (κ2) is 8.79. The Bertz CT molecular complexity index is 551. The molecule has 0 radical (unpaired) electrons. The summed E-state index contributed by atoms with van der Waals surface area (Å²) >= 11 is 1.66. The van der Waals surface area contributed by atoms with Crippen LogP contribution in [0.4, 0.5) is 0 Å². The molecule has 5 N–H and O–H groups in total. The van der Waals surface area contributed by atoms with Crippen LogP contribution in [0.15, 0.2) is 35.2 Å². The third-order valence-corrected chi connectivity index (χ3v) is 8.99. The predicted molar refractivity (Wildman–Crippen MR) is 91.5 cm³/mol. The summed E-state index contributed by atoms with van der Waals surface area (Å²) < 4.78 is 23.1. The molecule has 132 valence electrons. The maximum Gasteiger partial charge on any atom is 0.357 e. The van der Waals surface area contributed by atoms with E-state index in [9.17, 15) is 28.7 Å². The molecule has 1 aromatic rings. The maximum atomic E-state index is 11.6. The lowest BCUT2D eigenvalue weighted by Gasteiger charge is -2.34. The van der Waals surface area contributed by atoms with Gasteiger partial charge in [-0.15, -0.1) is 11.8 Å². The Morgan fingerprint density at radius 3 is 2.09 bits per heavy atom. The number of hydrogen-bond donors (Lipinski definition) is 5. The Morgan fingerprint density at radius 1 is 1.04 bits per heavy atom. The largest absolute Gasteiger partial charge is 0.357 e. The van der Waals surface area contributed by atoms with Gasteiger partial charge in [0.15, 0.2) is 0 Å². The van der Waals surface area contributed by atoms with Gasteiger partial charge in [0.05, 0.1) is 0 Å². The first-order valence-corrected chi connectivity index (χ1v) is 11.4. The highest BCUT2D eigenvalue weighted by Crippen LogP contribution is 2.68. The molecule has 0 bridgehead atoms. The van der Waals surface area contributed by atoms with Crippen molar-refractivity contribution < 1.29 is 28.7 Å². The van der Waals surface area contributed by atoms with Crippen molar-refractivity contribution in [3.8, 4) is 0 Å². The van der Waals surface area contributed by atoms with Crippen LogP contribution in [0.5, 0.6) is 0 Å². The minimum atomic E-state index is -5.01. The molecule has 0 saturated heterocycles. The number of hydrogen-bond acceptors (Lipinski definition) is 4. The van der Waals surface area contributed by atoms with E-state index in [0.29, 0.717) is 6.42 Å². The van der Waals surface area contributed by atoms with Crippen LogP contribution in [0.25, 0.3) is 0 Å². The molecule has 1 rings (SSSR count). The first-order chi connectivity index (χ1) is 10.6.